The van der Waals surface area contributed by atoms with Gasteiger partial charge in [0.1, 0.15) is 11.4 Å². The number of amides is 1. The second-order valence-electron chi connectivity index (χ2n) is 3.52. The van der Waals surface area contributed by atoms with Gasteiger partial charge in [0.05, 0.1) is 0 Å². The molecular formula is C10H10N2O4S. The van der Waals surface area contributed by atoms with Crippen LogP contribution in [-0.2, 0) is 4.79 Å². The number of thioether (sulfide) groups is 1. The Kier molecular flexibility index (Phi) is 3.19. The van der Waals surface area contributed by atoms with Crippen molar-refractivity contribution in [2.45, 2.75) is 11.4 Å². The number of pyridine rings is 1. The van der Waals surface area contributed by atoms with Gasteiger partial charge in [-0.25, -0.2) is 9.59 Å². The highest BCUT2D eigenvalue weighted by atomic mass is 32.2. The molecule has 1 fully saturated rings. The van der Waals surface area contributed by atoms with Crippen LogP contribution in [0.5, 0.6) is 0 Å². The lowest BCUT2D eigenvalue weighted by Crippen LogP contribution is -2.42. The fourth-order valence-corrected chi connectivity index (χ4v) is 3.11. The van der Waals surface area contributed by atoms with E-state index in [1.54, 1.807) is 24.5 Å². The predicted octanol–water partition coefficient (Wildman–Crippen LogP) is 1.26. The number of carboxylic acid groups (broad SMARTS) is 2. The molecule has 1 aromatic rings. The van der Waals surface area contributed by atoms with Crippen molar-refractivity contribution in [2.75, 3.05) is 5.75 Å². The highest BCUT2D eigenvalue weighted by Gasteiger charge is 2.42. The van der Waals surface area contributed by atoms with Gasteiger partial charge >= 0.3 is 12.1 Å². The van der Waals surface area contributed by atoms with Crippen LogP contribution < -0.4 is 0 Å². The van der Waals surface area contributed by atoms with Crippen LogP contribution in [0, 0.1) is 0 Å². The predicted molar refractivity (Wildman–Crippen MR) is 60.7 cm³/mol. The third-order valence-corrected chi connectivity index (χ3v) is 3.80. The van der Waals surface area contributed by atoms with Gasteiger partial charge in [0, 0.05) is 23.7 Å². The summed E-state index contributed by atoms with van der Waals surface area (Å²) in [6, 6.07) is 2.44. The fourth-order valence-electron chi connectivity index (χ4n) is 1.71. The van der Waals surface area contributed by atoms with Gasteiger partial charge in [-0.05, 0) is 6.07 Å². The number of carbonyl (C=O) groups is 2. The molecule has 1 aromatic heterocycles. The lowest BCUT2D eigenvalue weighted by Gasteiger charge is -2.23. The van der Waals surface area contributed by atoms with E-state index in [2.05, 4.69) is 4.98 Å². The van der Waals surface area contributed by atoms with Gasteiger partial charge < -0.3 is 10.2 Å². The van der Waals surface area contributed by atoms with Crippen LogP contribution in [0.3, 0.4) is 0 Å². The molecule has 1 aliphatic heterocycles. The molecule has 0 saturated carbocycles. The van der Waals surface area contributed by atoms with E-state index in [0.717, 1.165) is 4.90 Å². The number of rotatable bonds is 2. The number of hydrogen-bond donors (Lipinski definition) is 2. The monoisotopic (exact) mass is 254 g/mol. The summed E-state index contributed by atoms with van der Waals surface area (Å²) in [4.78, 5) is 27.0. The smallest absolute Gasteiger partial charge is 0.409 e. The largest absolute Gasteiger partial charge is 0.480 e. The number of aliphatic carboxylic acids is 1. The van der Waals surface area contributed by atoms with Crippen LogP contribution >= 0.6 is 11.8 Å². The highest BCUT2D eigenvalue weighted by molar-refractivity contribution is 7.99. The molecule has 0 radical (unpaired) electrons. The maximum atomic E-state index is 11.1. The first kappa shape index (κ1) is 11.7. The molecule has 2 N–H and O–H groups in total. The van der Waals surface area contributed by atoms with Gasteiger partial charge in [0.25, 0.3) is 0 Å². The molecule has 0 aromatic carbocycles. The van der Waals surface area contributed by atoms with Gasteiger partial charge in [0.15, 0.2) is 0 Å². The highest BCUT2D eigenvalue weighted by Crippen LogP contribution is 2.40. The molecule has 1 amide bonds. The summed E-state index contributed by atoms with van der Waals surface area (Å²) in [5.74, 6) is -0.868. The molecule has 1 aliphatic rings. The minimum absolute atomic E-state index is 0.251. The summed E-state index contributed by atoms with van der Waals surface area (Å²) in [5.41, 5.74) is 0.698. The molecule has 0 bridgehead atoms. The summed E-state index contributed by atoms with van der Waals surface area (Å²) in [7, 11) is 0. The molecule has 0 spiro atoms. The maximum absolute atomic E-state index is 11.1. The van der Waals surface area contributed by atoms with E-state index in [1.807, 2.05) is 0 Å². The van der Waals surface area contributed by atoms with E-state index < -0.39 is 23.5 Å². The van der Waals surface area contributed by atoms with Crippen LogP contribution in [0.15, 0.2) is 24.5 Å². The second kappa shape index (κ2) is 4.62. The summed E-state index contributed by atoms with van der Waals surface area (Å²) in [5, 5.41) is 17.6. The molecule has 2 atom stereocenters. The van der Waals surface area contributed by atoms with Crippen molar-refractivity contribution >= 4 is 23.8 Å². The Hall–Kier alpha value is -1.76. The molecule has 90 valence electrons. The Labute approximate surface area is 101 Å². The molecule has 17 heavy (non-hydrogen) atoms. The Morgan fingerprint density at radius 2 is 2.24 bits per heavy atom. The molecule has 2 heterocycles. The minimum Gasteiger partial charge on any atom is -0.480 e. The van der Waals surface area contributed by atoms with Gasteiger partial charge in [-0.15, -0.1) is 11.8 Å². The van der Waals surface area contributed by atoms with Gasteiger partial charge in [0.2, 0.25) is 0 Å². The first-order chi connectivity index (χ1) is 8.11. The van der Waals surface area contributed by atoms with E-state index in [4.69, 9.17) is 10.2 Å². The standard InChI is InChI=1S/C10H10N2O4S/c13-9(14)7-5-17-8(12(7)10(15)16)6-2-1-3-11-4-6/h1-4,7-8H,5H2,(H,13,14)(H,15,16)/t7-,8+/m0/s1. The summed E-state index contributed by atoms with van der Waals surface area (Å²) in [6.45, 7) is 0. The third-order valence-electron chi connectivity index (χ3n) is 2.48. The first-order valence-corrected chi connectivity index (χ1v) is 5.91. The van der Waals surface area contributed by atoms with Crippen LogP contribution in [0.4, 0.5) is 4.79 Å². The Bertz CT molecular complexity index is 439. The van der Waals surface area contributed by atoms with Gasteiger partial charge in [-0.2, -0.15) is 0 Å². The molecule has 2 rings (SSSR count). The van der Waals surface area contributed by atoms with E-state index in [9.17, 15) is 9.59 Å². The Morgan fingerprint density at radius 1 is 1.47 bits per heavy atom. The summed E-state index contributed by atoms with van der Waals surface area (Å²) >= 11 is 1.29. The zero-order chi connectivity index (χ0) is 12.4. The van der Waals surface area contributed by atoms with E-state index >= 15 is 0 Å². The normalized spacial score (nSPS) is 23.6. The molecule has 0 unspecified atom stereocenters. The minimum atomic E-state index is -1.23. The lowest BCUT2D eigenvalue weighted by molar-refractivity contribution is -0.141. The maximum Gasteiger partial charge on any atom is 0.409 e. The van der Waals surface area contributed by atoms with Gasteiger partial charge in [-0.3, -0.25) is 9.88 Å². The van der Waals surface area contributed by atoms with Crippen LogP contribution in [-0.4, -0.2) is 44.0 Å². The zero-order valence-electron chi connectivity index (χ0n) is 8.68. The fraction of sp³-hybridized carbons (Fsp3) is 0.300. The van der Waals surface area contributed by atoms with E-state index in [1.165, 1.54) is 11.8 Å². The van der Waals surface area contributed by atoms with Crippen molar-refractivity contribution in [2.24, 2.45) is 0 Å². The van der Waals surface area contributed by atoms with Crippen LogP contribution in [0.1, 0.15) is 10.9 Å². The zero-order valence-corrected chi connectivity index (χ0v) is 9.50. The van der Waals surface area contributed by atoms with Crippen molar-refractivity contribution in [3.63, 3.8) is 0 Å². The number of nitrogens with zero attached hydrogens (tertiary/aromatic N) is 2. The van der Waals surface area contributed by atoms with Crippen molar-refractivity contribution in [3.05, 3.63) is 30.1 Å². The Balaban J connectivity index is 2.30. The first-order valence-electron chi connectivity index (χ1n) is 4.87. The molecule has 0 aliphatic carbocycles. The quantitative estimate of drug-likeness (QED) is 0.825. The summed E-state index contributed by atoms with van der Waals surface area (Å²) < 4.78 is 0. The van der Waals surface area contributed by atoms with Gasteiger partial charge in [-0.1, -0.05) is 6.07 Å². The number of hydrogen-bond acceptors (Lipinski definition) is 4. The van der Waals surface area contributed by atoms with E-state index in [-0.39, 0.29) is 5.75 Å². The SMILES string of the molecule is O=C(O)[C@@H]1CS[C@H](c2cccnc2)N1C(=O)O. The van der Waals surface area contributed by atoms with Crippen LogP contribution in [0.25, 0.3) is 0 Å². The molecular weight excluding hydrogens is 244 g/mol. The van der Waals surface area contributed by atoms with Crippen molar-refractivity contribution in [3.8, 4) is 0 Å². The average molecular weight is 254 g/mol. The Morgan fingerprint density at radius 3 is 2.76 bits per heavy atom. The second-order valence-corrected chi connectivity index (χ2v) is 4.63. The summed E-state index contributed by atoms with van der Waals surface area (Å²) in [6.07, 6.45) is 1.91. The number of aromatic nitrogens is 1. The topological polar surface area (TPSA) is 90.7 Å². The molecule has 6 nitrogen and oxygen atoms in total. The van der Waals surface area contributed by atoms with Crippen molar-refractivity contribution < 1.29 is 19.8 Å². The van der Waals surface area contributed by atoms with Crippen LogP contribution in [0.2, 0.25) is 0 Å². The molecule has 1 saturated heterocycles. The number of carboxylic acids is 1. The lowest BCUT2D eigenvalue weighted by atomic mass is 10.2. The molecule has 7 heteroatoms. The third kappa shape index (κ3) is 2.19. The average Bonchev–Trinajstić information content (AvgIpc) is 2.74. The van der Waals surface area contributed by atoms with Crippen molar-refractivity contribution in [1.29, 1.82) is 0 Å². The van der Waals surface area contributed by atoms with E-state index in [0.29, 0.717) is 5.56 Å². The van der Waals surface area contributed by atoms with Crippen molar-refractivity contribution in [1.82, 2.24) is 9.88 Å².